The molecule has 1 radical (unpaired) electrons. The van der Waals surface area contributed by atoms with E-state index in [-0.39, 0.29) is 40.1 Å². The van der Waals surface area contributed by atoms with Gasteiger partial charge in [-0.1, -0.05) is 25.6 Å². The first-order valence-corrected chi connectivity index (χ1v) is 4.08. The maximum Gasteiger partial charge on any atom is 0.0130 e. The van der Waals surface area contributed by atoms with Crippen LogP contribution in [0.4, 0.5) is 0 Å². The van der Waals surface area contributed by atoms with Crippen LogP contribution >= 0.6 is 0 Å². The molecule has 0 aliphatic heterocycles. The molecule has 1 aromatic carbocycles. The molecule has 0 aromatic heterocycles. The Kier molecular flexibility index (Phi) is 8.57. The van der Waals surface area contributed by atoms with Crippen LogP contribution in [0, 0.1) is 28.2 Å². The van der Waals surface area contributed by atoms with Crippen LogP contribution < -0.4 is 0 Å². The van der Waals surface area contributed by atoms with E-state index >= 15 is 0 Å². The summed E-state index contributed by atoms with van der Waals surface area (Å²) in [5, 5.41) is 0. The van der Waals surface area contributed by atoms with Gasteiger partial charge in [-0.25, -0.2) is 0 Å². The van der Waals surface area contributed by atoms with Gasteiger partial charge in [0.2, 0.25) is 0 Å². The molecule has 0 saturated carbocycles. The first-order valence-electron chi connectivity index (χ1n) is 4.08. The summed E-state index contributed by atoms with van der Waals surface area (Å²) in [6.07, 6.45) is 2.97. The quantitative estimate of drug-likeness (QED) is 0.546. The summed E-state index contributed by atoms with van der Waals surface area (Å²) < 4.78 is 0. The van der Waals surface area contributed by atoms with Crippen molar-refractivity contribution in [3.8, 4) is 0 Å². The van der Waals surface area contributed by atoms with Crippen LogP contribution in [0.5, 0.6) is 0 Å². The zero-order chi connectivity index (χ0) is 9.14. The van der Waals surface area contributed by atoms with Gasteiger partial charge >= 0.3 is 0 Å². The molecule has 0 heterocycles. The number of hydrogen-bond acceptors (Lipinski definition) is 1. The first-order chi connectivity index (χ1) is 5.65. The van der Waals surface area contributed by atoms with Gasteiger partial charge in [0.15, 0.2) is 0 Å². The minimum atomic E-state index is 0. The van der Waals surface area contributed by atoms with Gasteiger partial charge < -0.3 is 12.4 Å². The SMILES string of the molecule is CN=[C-]c1cc(C)c(C)cc1C.[CH3-].[Y]. The summed E-state index contributed by atoms with van der Waals surface area (Å²) in [5.74, 6) is 0. The molecule has 0 amide bonds. The third kappa shape index (κ3) is 4.02. The molecule has 1 aromatic rings. The molecule has 0 N–H and O–H groups in total. The van der Waals surface area contributed by atoms with Crippen LogP contribution in [0.15, 0.2) is 17.1 Å². The van der Waals surface area contributed by atoms with Gasteiger partial charge in [0.25, 0.3) is 0 Å². The minimum Gasteiger partial charge on any atom is -0.363 e. The smallest absolute Gasteiger partial charge is 0.0130 e. The van der Waals surface area contributed by atoms with Gasteiger partial charge in [0, 0.05) is 39.8 Å². The zero-order valence-corrected chi connectivity index (χ0v) is 12.5. The van der Waals surface area contributed by atoms with E-state index in [1.807, 2.05) is 0 Å². The number of aryl methyl sites for hydroxylation is 3. The Morgan fingerprint density at radius 3 is 2.00 bits per heavy atom. The number of nitrogens with zero attached hydrogens (tertiary/aromatic N) is 1. The average Bonchev–Trinajstić information content (AvgIpc) is 2.01. The second-order valence-corrected chi connectivity index (χ2v) is 3.09. The average molecular weight is 264 g/mol. The molecule has 0 saturated heterocycles. The van der Waals surface area contributed by atoms with Crippen LogP contribution in [0.3, 0.4) is 0 Å². The molecule has 0 aliphatic carbocycles. The Morgan fingerprint density at radius 1 is 1.00 bits per heavy atom. The van der Waals surface area contributed by atoms with Crippen molar-refractivity contribution in [2.24, 2.45) is 4.99 Å². The maximum atomic E-state index is 3.89. The normalized spacial score (nSPS) is 9.43. The van der Waals surface area contributed by atoms with Gasteiger partial charge in [0.1, 0.15) is 0 Å². The van der Waals surface area contributed by atoms with Gasteiger partial charge in [-0.15, -0.1) is 11.6 Å². The second-order valence-electron chi connectivity index (χ2n) is 3.09. The number of rotatable bonds is 1. The number of benzene rings is 1. The Bertz CT molecular complexity index is 316. The summed E-state index contributed by atoms with van der Waals surface area (Å²) in [6, 6.07) is 4.29. The largest absolute Gasteiger partial charge is 0.363 e. The molecule has 0 bridgehead atoms. The monoisotopic (exact) mass is 264 g/mol. The topological polar surface area (TPSA) is 12.4 Å². The van der Waals surface area contributed by atoms with Gasteiger partial charge in [-0.3, -0.25) is 0 Å². The molecule has 1 rings (SSSR count). The first kappa shape index (κ1) is 16.4. The minimum absolute atomic E-state index is 0. The molecule has 0 spiro atoms. The van der Waals surface area contributed by atoms with E-state index in [1.54, 1.807) is 7.05 Å². The zero-order valence-electron chi connectivity index (χ0n) is 9.68. The maximum absolute atomic E-state index is 3.89. The standard InChI is InChI=1S/C11H14N.CH3.Y/c1-8-5-10(3)11(7-12-4)6-9(8)2;;/h5-6H,1-4H3;1H3;/q2*-1;. The molecule has 2 heteroatoms. The van der Waals surface area contributed by atoms with Crippen LogP contribution in [-0.2, 0) is 32.7 Å². The number of aliphatic imine (C=N–C) groups is 1. The van der Waals surface area contributed by atoms with Crippen molar-refractivity contribution in [2.75, 3.05) is 7.05 Å². The van der Waals surface area contributed by atoms with Gasteiger partial charge in [-0.2, -0.15) is 17.2 Å². The fourth-order valence-corrected chi connectivity index (χ4v) is 1.20. The van der Waals surface area contributed by atoms with Crippen LogP contribution in [0.1, 0.15) is 22.3 Å². The van der Waals surface area contributed by atoms with E-state index < -0.39 is 0 Å². The Balaban J connectivity index is 0. The molecule has 1 nitrogen and oxygen atoms in total. The molecule has 0 fully saturated rings. The predicted octanol–water partition coefficient (Wildman–Crippen LogP) is 2.99. The molecular weight excluding hydrogens is 247 g/mol. The van der Waals surface area contributed by atoms with Crippen molar-refractivity contribution in [1.82, 2.24) is 0 Å². The predicted molar refractivity (Wildman–Crippen MR) is 59.5 cm³/mol. The third-order valence-electron chi connectivity index (χ3n) is 2.07. The van der Waals surface area contributed by atoms with Crippen molar-refractivity contribution in [2.45, 2.75) is 20.8 Å². The van der Waals surface area contributed by atoms with Gasteiger partial charge in [0.05, 0.1) is 0 Å². The fourth-order valence-electron chi connectivity index (χ4n) is 1.20. The van der Waals surface area contributed by atoms with Gasteiger partial charge in [-0.05, 0) is 6.92 Å². The molecule has 0 aliphatic rings. The van der Waals surface area contributed by atoms with E-state index in [2.05, 4.69) is 44.1 Å². The third-order valence-corrected chi connectivity index (χ3v) is 2.07. The second kappa shape index (κ2) is 7.31. The van der Waals surface area contributed by atoms with Crippen LogP contribution in [0.2, 0.25) is 0 Å². The number of hydrogen-bond donors (Lipinski definition) is 0. The van der Waals surface area contributed by atoms with E-state index in [0.29, 0.717) is 0 Å². The molecule has 14 heavy (non-hydrogen) atoms. The summed E-state index contributed by atoms with van der Waals surface area (Å²) in [5.41, 5.74) is 4.96. The van der Waals surface area contributed by atoms with Crippen molar-refractivity contribution < 1.29 is 32.7 Å². The summed E-state index contributed by atoms with van der Waals surface area (Å²) in [7, 11) is 1.74. The summed E-state index contributed by atoms with van der Waals surface area (Å²) in [6.45, 7) is 6.31. The van der Waals surface area contributed by atoms with Crippen molar-refractivity contribution >= 4 is 6.21 Å². The van der Waals surface area contributed by atoms with Crippen molar-refractivity contribution in [3.63, 3.8) is 0 Å². The Hall–Kier alpha value is -0.00610. The van der Waals surface area contributed by atoms with E-state index in [4.69, 9.17) is 0 Å². The molecule has 0 atom stereocenters. The van der Waals surface area contributed by atoms with E-state index in [0.717, 1.165) is 5.56 Å². The van der Waals surface area contributed by atoms with E-state index in [9.17, 15) is 0 Å². The fraction of sp³-hybridized carbons (Fsp3) is 0.333. The summed E-state index contributed by atoms with van der Waals surface area (Å²) in [4.78, 5) is 3.89. The Morgan fingerprint density at radius 2 is 1.50 bits per heavy atom. The Labute approximate surface area is 113 Å². The van der Waals surface area contributed by atoms with Crippen LogP contribution in [-0.4, -0.2) is 13.3 Å². The van der Waals surface area contributed by atoms with Crippen LogP contribution in [0.25, 0.3) is 0 Å². The molecule has 75 valence electrons. The molecule has 0 unspecified atom stereocenters. The summed E-state index contributed by atoms with van der Waals surface area (Å²) >= 11 is 0. The van der Waals surface area contributed by atoms with Crippen molar-refractivity contribution in [1.29, 1.82) is 0 Å². The molecular formula is C12H17NY-2. The van der Waals surface area contributed by atoms with E-state index in [1.165, 1.54) is 16.7 Å². The van der Waals surface area contributed by atoms with Crippen molar-refractivity contribution in [3.05, 3.63) is 41.8 Å².